The van der Waals surface area contributed by atoms with Crippen LogP contribution in [0.15, 0.2) is 17.1 Å². The number of pyridine rings is 1. The zero-order chi connectivity index (χ0) is 16.8. The molecule has 0 radical (unpaired) electrons. The molecule has 1 saturated heterocycles. The predicted octanol–water partition coefficient (Wildman–Crippen LogP) is 0.569. The number of aryl methyl sites for hydroxylation is 2. The Morgan fingerprint density at radius 3 is 3.08 bits per heavy atom. The number of amides is 1. The number of rotatable bonds is 1. The number of piperidine rings is 1. The molecule has 0 unspecified atom stereocenters. The van der Waals surface area contributed by atoms with Crippen molar-refractivity contribution in [2.75, 3.05) is 13.1 Å². The molecule has 1 fully saturated rings. The SMILES string of the molecule is Cc1cc(C(=O)N2CC[C@H]3[C@H](C2)OCc2cnnn23)c(=O)[nH]c1C. The third kappa shape index (κ3) is 2.34. The van der Waals surface area contributed by atoms with Gasteiger partial charge in [-0.05, 0) is 31.9 Å². The second-order valence-electron chi connectivity index (χ2n) is 6.45. The van der Waals surface area contributed by atoms with Crippen LogP contribution in [0.3, 0.4) is 0 Å². The molecule has 2 atom stereocenters. The van der Waals surface area contributed by atoms with Gasteiger partial charge in [0.2, 0.25) is 0 Å². The Morgan fingerprint density at radius 1 is 1.42 bits per heavy atom. The monoisotopic (exact) mass is 329 g/mol. The normalized spacial score (nSPS) is 22.8. The summed E-state index contributed by atoms with van der Waals surface area (Å²) in [7, 11) is 0. The second-order valence-corrected chi connectivity index (χ2v) is 6.45. The van der Waals surface area contributed by atoms with E-state index in [2.05, 4.69) is 15.3 Å². The molecule has 126 valence electrons. The maximum absolute atomic E-state index is 12.8. The summed E-state index contributed by atoms with van der Waals surface area (Å²) in [6.07, 6.45) is 2.32. The second kappa shape index (κ2) is 5.55. The molecular formula is C16H19N5O3. The lowest BCUT2D eigenvalue weighted by Gasteiger charge is -2.40. The minimum Gasteiger partial charge on any atom is -0.368 e. The van der Waals surface area contributed by atoms with Gasteiger partial charge < -0.3 is 14.6 Å². The predicted molar refractivity (Wildman–Crippen MR) is 84.7 cm³/mol. The number of nitrogens with one attached hydrogen (secondary N) is 1. The summed E-state index contributed by atoms with van der Waals surface area (Å²) >= 11 is 0. The summed E-state index contributed by atoms with van der Waals surface area (Å²) in [4.78, 5) is 29.3. The lowest BCUT2D eigenvalue weighted by atomic mass is 9.99. The van der Waals surface area contributed by atoms with Gasteiger partial charge in [0, 0.05) is 18.8 Å². The Kier molecular flexibility index (Phi) is 3.49. The Labute approximate surface area is 138 Å². The lowest BCUT2D eigenvalue weighted by Crippen LogP contribution is -2.51. The van der Waals surface area contributed by atoms with Gasteiger partial charge in [0.15, 0.2) is 0 Å². The summed E-state index contributed by atoms with van der Waals surface area (Å²) in [6, 6.07) is 1.76. The van der Waals surface area contributed by atoms with Crippen LogP contribution >= 0.6 is 0 Å². The standard InChI is InChI=1S/C16H19N5O3/c1-9-5-12(15(22)18-10(9)2)16(23)20-4-3-13-14(7-20)24-8-11-6-17-19-21(11)13/h5-6,13-14H,3-4,7-8H2,1-2H3,(H,18,22)/t13-,14-/m0/s1. The number of likely N-dealkylation sites (tertiary alicyclic amines) is 1. The van der Waals surface area contributed by atoms with Gasteiger partial charge in [-0.3, -0.25) is 9.59 Å². The number of carbonyl (C=O) groups excluding carboxylic acids is 1. The number of fused-ring (bicyclic) bond motifs is 3. The number of nitrogens with zero attached hydrogens (tertiary/aromatic N) is 4. The average Bonchev–Trinajstić information content (AvgIpc) is 3.06. The van der Waals surface area contributed by atoms with Gasteiger partial charge in [-0.25, -0.2) is 4.68 Å². The van der Waals surface area contributed by atoms with Crippen LogP contribution in [-0.2, 0) is 11.3 Å². The summed E-state index contributed by atoms with van der Waals surface area (Å²) in [5, 5.41) is 8.07. The van der Waals surface area contributed by atoms with Crippen molar-refractivity contribution in [2.45, 2.75) is 39.0 Å². The van der Waals surface area contributed by atoms with Crippen LogP contribution in [0.4, 0.5) is 0 Å². The summed E-state index contributed by atoms with van der Waals surface area (Å²) < 4.78 is 7.78. The fraction of sp³-hybridized carbons (Fsp3) is 0.500. The number of aromatic amines is 1. The highest BCUT2D eigenvalue weighted by Crippen LogP contribution is 2.30. The van der Waals surface area contributed by atoms with E-state index in [-0.39, 0.29) is 29.2 Å². The van der Waals surface area contributed by atoms with E-state index in [0.29, 0.717) is 19.7 Å². The van der Waals surface area contributed by atoms with Crippen molar-refractivity contribution in [3.8, 4) is 0 Å². The van der Waals surface area contributed by atoms with E-state index >= 15 is 0 Å². The molecule has 4 rings (SSSR count). The zero-order valence-corrected chi connectivity index (χ0v) is 13.7. The van der Waals surface area contributed by atoms with Gasteiger partial charge >= 0.3 is 0 Å². The third-order valence-electron chi connectivity index (χ3n) is 4.95. The number of hydrogen-bond acceptors (Lipinski definition) is 5. The number of hydrogen-bond donors (Lipinski definition) is 1. The average molecular weight is 329 g/mol. The first kappa shape index (κ1) is 15.1. The van der Waals surface area contributed by atoms with Gasteiger partial charge in [-0.1, -0.05) is 5.21 Å². The molecule has 0 bridgehead atoms. The molecule has 2 aromatic heterocycles. The van der Waals surface area contributed by atoms with E-state index in [1.807, 2.05) is 18.5 Å². The van der Waals surface area contributed by atoms with Gasteiger partial charge in [-0.2, -0.15) is 0 Å². The largest absolute Gasteiger partial charge is 0.368 e. The fourth-order valence-electron chi connectivity index (χ4n) is 3.43. The van der Waals surface area contributed by atoms with E-state index < -0.39 is 0 Å². The fourth-order valence-corrected chi connectivity index (χ4v) is 3.43. The third-order valence-corrected chi connectivity index (χ3v) is 4.95. The molecular weight excluding hydrogens is 310 g/mol. The van der Waals surface area contributed by atoms with E-state index in [0.717, 1.165) is 23.4 Å². The van der Waals surface area contributed by atoms with E-state index in [4.69, 9.17) is 4.74 Å². The Bertz CT molecular complexity index is 856. The molecule has 2 aliphatic heterocycles. The number of carbonyl (C=O) groups is 1. The molecule has 8 heteroatoms. The van der Waals surface area contributed by atoms with Gasteiger partial charge in [0.25, 0.3) is 11.5 Å². The molecule has 4 heterocycles. The molecule has 0 aliphatic carbocycles. The molecule has 24 heavy (non-hydrogen) atoms. The van der Waals surface area contributed by atoms with Crippen molar-refractivity contribution in [3.05, 3.63) is 45.1 Å². The quantitative estimate of drug-likeness (QED) is 0.825. The first-order valence-electron chi connectivity index (χ1n) is 8.05. The van der Waals surface area contributed by atoms with Crippen molar-refractivity contribution in [2.24, 2.45) is 0 Å². The van der Waals surface area contributed by atoms with Crippen LogP contribution in [0.25, 0.3) is 0 Å². The topological polar surface area (TPSA) is 93.1 Å². The Hall–Kier alpha value is -2.48. The molecule has 8 nitrogen and oxygen atoms in total. The van der Waals surface area contributed by atoms with Crippen LogP contribution in [-0.4, -0.2) is 50.0 Å². The molecule has 0 spiro atoms. The van der Waals surface area contributed by atoms with Crippen LogP contribution in [0.2, 0.25) is 0 Å². The van der Waals surface area contributed by atoms with Gasteiger partial charge in [0.05, 0.1) is 30.6 Å². The summed E-state index contributed by atoms with van der Waals surface area (Å²) in [5.41, 5.74) is 2.49. The Morgan fingerprint density at radius 2 is 2.25 bits per heavy atom. The van der Waals surface area contributed by atoms with Gasteiger partial charge in [0.1, 0.15) is 5.56 Å². The first-order chi connectivity index (χ1) is 11.5. The minimum absolute atomic E-state index is 0.0957. The molecule has 2 aromatic rings. The molecule has 1 N–H and O–H groups in total. The van der Waals surface area contributed by atoms with Crippen molar-refractivity contribution in [1.29, 1.82) is 0 Å². The van der Waals surface area contributed by atoms with Crippen LogP contribution in [0, 0.1) is 13.8 Å². The van der Waals surface area contributed by atoms with Crippen molar-refractivity contribution >= 4 is 5.91 Å². The zero-order valence-electron chi connectivity index (χ0n) is 13.7. The van der Waals surface area contributed by atoms with Crippen LogP contribution in [0.1, 0.15) is 39.8 Å². The van der Waals surface area contributed by atoms with Gasteiger partial charge in [-0.15, -0.1) is 5.10 Å². The minimum atomic E-state index is -0.339. The molecule has 2 aliphatic rings. The summed E-state index contributed by atoms with van der Waals surface area (Å²) in [5.74, 6) is -0.245. The van der Waals surface area contributed by atoms with Crippen molar-refractivity contribution < 1.29 is 9.53 Å². The highest BCUT2D eigenvalue weighted by atomic mass is 16.5. The highest BCUT2D eigenvalue weighted by molar-refractivity contribution is 5.94. The number of aromatic nitrogens is 4. The number of ether oxygens (including phenoxy) is 1. The maximum atomic E-state index is 12.8. The highest BCUT2D eigenvalue weighted by Gasteiger charge is 2.38. The first-order valence-corrected chi connectivity index (χ1v) is 8.05. The molecule has 1 amide bonds. The lowest BCUT2D eigenvalue weighted by molar-refractivity contribution is -0.0628. The Balaban J connectivity index is 1.57. The van der Waals surface area contributed by atoms with Crippen molar-refractivity contribution in [3.63, 3.8) is 0 Å². The maximum Gasteiger partial charge on any atom is 0.261 e. The van der Waals surface area contributed by atoms with E-state index in [1.165, 1.54) is 0 Å². The smallest absolute Gasteiger partial charge is 0.261 e. The van der Waals surface area contributed by atoms with Crippen molar-refractivity contribution in [1.82, 2.24) is 24.9 Å². The van der Waals surface area contributed by atoms with Crippen LogP contribution in [0.5, 0.6) is 0 Å². The van der Waals surface area contributed by atoms with E-state index in [1.54, 1.807) is 17.2 Å². The van der Waals surface area contributed by atoms with E-state index in [9.17, 15) is 9.59 Å². The van der Waals surface area contributed by atoms with Crippen LogP contribution < -0.4 is 5.56 Å². The summed E-state index contributed by atoms with van der Waals surface area (Å²) in [6.45, 7) is 5.16. The molecule has 0 saturated carbocycles. The molecule has 0 aromatic carbocycles. The number of H-pyrrole nitrogens is 1.